The van der Waals surface area contributed by atoms with Crippen molar-refractivity contribution in [2.24, 2.45) is 0 Å². The summed E-state index contributed by atoms with van der Waals surface area (Å²) in [6, 6.07) is 18.6. The highest BCUT2D eigenvalue weighted by molar-refractivity contribution is 7.92. The van der Waals surface area contributed by atoms with Crippen LogP contribution in [0, 0.1) is 0 Å². The number of ether oxygens (including phenoxy) is 2. The monoisotopic (exact) mass is 615 g/mol. The van der Waals surface area contributed by atoms with E-state index in [0.29, 0.717) is 12.2 Å². The largest absolute Gasteiger partial charge is 0.497 e. The van der Waals surface area contributed by atoms with E-state index >= 15 is 0 Å². The molecule has 0 saturated carbocycles. The van der Waals surface area contributed by atoms with Gasteiger partial charge >= 0.3 is 0 Å². The van der Waals surface area contributed by atoms with Crippen molar-refractivity contribution in [1.29, 1.82) is 0 Å². The van der Waals surface area contributed by atoms with Gasteiger partial charge in [0.1, 0.15) is 24.1 Å². The number of anilines is 1. The lowest BCUT2D eigenvalue weighted by Crippen LogP contribution is -2.55. The number of sulfonamides is 1. The zero-order chi connectivity index (χ0) is 31.1. The maximum Gasteiger partial charge on any atom is 0.264 e. The molecule has 0 aliphatic carbocycles. The fourth-order valence-corrected chi connectivity index (χ4v) is 6.00. The second kappa shape index (κ2) is 13.9. The molecule has 1 N–H and O–H groups in total. The van der Waals surface area contributed by atoms with Gasteiger partial charge in [-0.05, 0) is 75.2 Å². The van der Waals surface area contributed by atoms with Gasteiger partial charge < -0.3 is 19.7 Å². The zero-order valence-electron chi connectivity index (χ0n) is 24.8. The summed E-state index contributed by atoms with van der Waals surface area (Å²) in [7, 11) is -1.30. The van der Waals surface area contributed by atoms with Crippen LogP contribution < -0.4 is 19.1 Å². The number of nitrogens with zero attached hydrogens (tertiary/aromatic N) is 2. The predicted octanol–water partition coefficient (Wildman–Crippen LogP) is 5.27. The van der Waals surface area contributed by atoms with E-state index in [9.17, 15) is 18.0 Å². The minimum absolute atomic E-state index is 0.0148. The number of halogens is 1. The Hall–Kier alpha value is -3.76. The van der Waals surface area contributed by atoms with E-state index < -0.39 is 34.1 Å². The first-order valence-electron chi connectivity index (χ1n) is 13.5. The van der Waals surface area contributed by atoms with Gasteiger partial charge in [-0.3, -0.25) is 13.9 Å². The van der Waals surface area contributed by atoms with Gasteiger partial charge in [0.25, 0.3) is 10.0 Å². The van der Waals surface area contributed by atoms with E-state index in [1.165, 1.54) is 36.3 Å². The summed E-state index contributed by atoms with van der Waals surface area (Å²) in [4.78, 5) is 29.1. The highest BCUT2D eigenvalue weighted by atomic mass is 35.5. The van der Waals surface area contributed by atoms with Crippen molar-refractivity contribution in [3.05, 3.63) is 83.4 Å². The molecular formula is C31H38ClN3O6S. The lowest BCUT2D eigenvalue weighted by atomic mass is 10.1. The molecule has 2 amide bonds. The molecule has 3 aromatic rings. The number of hydrogen-bond donors (Lipinski definition) is 1. The number of rotatable bonds is 12. The Morgan fingerprint density at radius 3 is 2.14 bits per heavy atom. The third-order valence-corrected chi connectivity index (χ3v) is 8.42. The number of benzene rings is 3. The number of amides is 2. The number of carbonyl (C=O) groups excluding carboxylic acids is 2. The fourth-order valence-electron chi connectivity index (χ4n) is 4.39. The lowest BCUT2D eigenvalue weighted by molar-refractivity contribution is -0.141. The van der Waals surface area contributed by atoms with Crippen LogP contribution in [0.4, 0.5) is 5.69 Å². The summed E-state index contributed by atoms with van der Waals surface area (Å²) in [5.74, 6) is -0.0684. The molecule has 0 aromatic heterocycles. The minimum atomic E-state index is -4.27. The number of methoxy groups -OCH3 is 2. The highest BCUT2D eigenvalue weighted by Gasteiger charge is 2.35. The molecule has 3 aromatic carbocycles. The highest BCUT2D eigenvalue weighted by Crippen LogP contribution is 2.35. The second-order valence-electron chi connectivity index (χ2n) is 10.7. The third-order valence-electron chi connectivity index (χ3n) is 6.42. The van der Waals surface area contributed by atoms with Gasteiger partial charge in [-0.25, -0.2) is 8.42 Å². The van der Waals surface area contributed by atoms with Crippen LogP contribution in [0.2, 0.25) is 5.02 Å². The van der Waals surface area contributed by atoms with E-state index in [1.807, 2.05) is 20.8 Å². The van der Waals surface area contributed by atoms with Crippen LogP contribution in [0.1, 0.15) is 39.7 Å². The molecule has 0 aliphatic rings. The summed E-state index contributed by atoms with van der Waals surface area (Å²) >= 11 is 6.29. The molecule has 9 nitrogen and oxygen atoms in total. The second-order valence-corrected chi connectivity index (χ2v) is 13.0. The van der Waals surface area contributed by atoms with Crippen molar-refractivity contribution >= 4 is 39.1 Å². The fraction of sp³-hybridized carbons (Fsp3) is 0.355. The topological polar surface area (TPSA) is 105 Å². The molecule has 0 aliphatic heterocycles. The summed E-state index contributed by atoms with van der Waals surface area (Å²) in [5, 5.41) is 3.22. The van der Waals surface area contributed by atoms with Crippen molar-refractivity contribution in [1.82, 2.24) is 10.2 Å². The smallest absolute Gasteiger partial charge is 0.264 e. The molecule has 0 heterocycles. The van der Waals surface area contributed by atoms with Crippen LogP contribution in [0.3, 0.4) is 0 Å². The summed E-state index contributed by atoms with van der Waals surface area (Å²) in [5.41, 5.74) is 0.290. The Kier molecular flexibility index (Phi) is 10.9. The van der Waals surface area contributed by atoms with Gasteiger partial charge in [0.05, 0.1) is 24.8 Å². The van der Waals surface area contributed by atoms with Crippen LogP contribution in [0.5, 0.6) is 11.5 Å². The molecule has 0 unspecified atom stereocenters. The molecule has 0 saturated heterocycles. The Balaban J connectivity index is 2.12. The Labute approximate surface area is 253 Å². The average Bonchev–Trinajstić information content (AvgIpc) is 2.95. The standard InChI is InChI=1S/C31H38ClN3O6S/c1-7-26(30(37)33-31(2,3)4)34(20-22-13-16-24(40-5)17-14-22)29(36)21-35(27-19-23(32)15-18-28(27)41-6)42(38,39)25-11-9-8-10-12-25/h8-19,26H,7,20-21H2,1-6H3,(H,33,37)/t26-/m0/s1. The molecule has 11 heteroatoms. The van der Waals surface area contributed by atoms with Crippen LogP contribution in [-0.2, 0) is 26.2 Å². The van der Waals surface area contributed by atoms with Gasteiger partial charge in [-0.1, -0.05) is 48.9 Å². The minimum Gasteiger partial charge on any atom is -0.497 e. The van der Waals surface area contributed by atoms with E-state index in [4.69, 9.17) is 21.1 Å². The van der Waals surface area contributed by atoms with E-state index in [1.54, 1.807) is 62.6 Å². The molecule has 0 spiro atoms. The van der Waals surface area contributed by atoms with Gasteiger partial charge in [0.15, 0.2) is 0 Å². The molecule has 0 fully saturated rings. The first-order valence-corrected chi connectivity index (χ1v) is 15.3. The number of carbonyl (C=O) groups is 2. The molecule has 1 atom stereocenters. The van der Waals surface area contributed by atoms with Crippen molar-refractivity contribution < 1.29 is 27.5 Å². The van der Waals surface area contributed by atoms with Crippen molar-refractivity contribution in [2.45, 2.75) is 57.1 Å². The first-order chi connectivity index (χ1) is 19.8. The number of hydrogen-bond acceptors (Lipinski definition) is 6. The van der Waals surface area contributed by atoms with Gasteiger partial charge in [-0.15, -0.1) is 0 Å². The van der Waals surface area contributed by atoms with Crippen molar-refractivity contribution in [3.8, 4) is 11.5 Å². The average molecular weight is 616 g/mol. The quantitative estimate of drug-likeness (QED) is 0.297. The van der Waals surface area contributed by atoms with Crippen LogP contribution in [0.15, 0.2) is 77.7 Å². The third kappa shape index (κ3) is 8.17. The summed E-state index contributed by atoms with van der Waals surface area (Å²) < 4.78 is 39.7. The molecule has 0 radical (unpaired) electrons. The normalized spacial score (nSPS) is 12.3. The molecule has 3 rings (SSSR count). The van der Waals surface area contributed by atoms with Gasteiger partial charge in [0.2, 0.25) is 11.8 Å². The zero-order valence-corrected chi connectivity index (χ0v) is 26.3. The molecule has 42 heavy (non-hydrogen) atoms. The van der Waals surface area contributed by atoms with Gasteiger partial charge in [0, 0.05) is 17.1 Å². The SMILES string of the molecule is CC[C@@H](C(=O)NC(C)(C)C)N(Cc1ccc(OC)cc1)C(=O)CN(c1cc(Cl)ccc1OC)S(=O)(=O)c1ccccc1. The van der Waals surface area contributed by atoms with Crippen LogP contribution in [0.25, 0.3) is 0 Å². The molecule has 226 valence electrons. The summed E-state index contributed by atoms with van der Waals surface area (Å²) in [6.45, 7) is 6.82. The van der Waals surface area contributed by atoms with Crippen molar-refractivity contribution in [3.63, 3.8) is 0 Å². The number of nitrogens with one attached hydrogen (secondary N) is 1. The maximum atomic E-state index is 14.2. The Bertz CT molecular complexity index is 1470. The van der Waals surface area contributed by atoms with Gasteiger partial charge in [-0.2, -0.15) is 0 Å². The first kappa shape index (κ1) is 32.8. The van der Waals surface area contributed by atoms with Crippen molar-refractivity contribution in [2.75, 3.05) is 25.1 Å². The molecular weight excluding hydrogens is 578 g/mol. The Morgan fingerprint density at radius 1 is 0.952 bits per heavy atom. The lowest BCUT2D eigenvalue weighted by Gasteiger charge is -2.35. The van der Waals surface area contributed by atoms with Crippen LogP contribution in [-0.4, -0.2) is 57.5 Å². The van der Waals surface area contributed by atoms with Crippen LogP contribution >= 0.6 is 11.6 Å². The van der Waals surface area contributed by atoms with E-state index in [2.05, 4.69) is 5.32 Å². The molecule has 0 bridgehead atoms. The maximum absolute atomic E-state index is 14.2. The predicted molar refractivity (Wildman–Crippen MR) is 164 cm³/mol. The Morgan fingerprint density at radius 2 is 1.60 bits per heavy atom. The summed E-state index contributed by atoms with van der Waals surface area (Å²) in [6.07, 6.45) is 0.301. The van der Waals surface area contributed by atoms with E-state index in [-0.39, 0.29) is 33.8 Å². The van der Waals surface area contributed by atoms with E-state index in [0.717, 1.165) is 9.87 Å².